The summed E-state index contributed by atoms with van der Waals surface area (Å²) in [4.78, 5) is 11.4. The van der Waals surface area contributed by atoms with E-state index in [1.807, 2.05) is 0 Å². The first-order valence-corrected chi connectivity index (χ1v) is 6.42. The summed E-state index contributed by atoms with van der Waals surface area (Å²) in [6, 6.07) is 0. The average molecular weight is 212 g/mol. The molecule has 0 aromatic rings. The van der Waals surface area contributed by atoms with Crippen molar-refractivity contribution in [3.8, 4) is 0 Å². The Morgan fingerprint density at radius 3 is 2.67 bits per heavy atom. The van der Waals surface area contributed by atoms with E-state index in [0.717, 1.165) is 31.8 Å². The number of hydrogen-bond donors (Lipinski definition) is 0. The maximum Gasteiger partial charge on any atom is 0.158 e. The van der Waals surface area contributed by atoms with Crippen LogP contribution < -0.4 is 0 Å². The molecule has 0 radical (unpaired) electrons. The van der Waals surface area contributed by atoms with Gasteiger partial charge in [-0.05, 0) is 18.8 Å². The van der Waals surface area contributed by atoms with Gasteiger partial charge in [-0.15, -0.1) is 0 Å². The lowest BCUT2D eigenvalue weighted by Crippen LogP contribution is -2.13. The Morgan fingerprint density at radius 1 is 1.27 bits per heavy atom. The van der Waals surface area contributed by atoms with E-state index in [1.165, 1.54) is 32.1 Å². The highest BCUT2D eigenvalue weighted by Gasteiger charge is 2.14. The van der Waals surface area contributed by atoms with Crippen molar-refractivity contribution >= 4 is 5.78 Å². The number of rotatable bonds is 7. The molecule has 2 heteroatoms. The molecule has 1 saturated carbocycles. The molecular weight excluding hydrogens is 188 g/mol. The maximum absolute atomic E-state index is 11.4. The Balaban J connectivity index is 2.00. The van der Waals surface area contributed by atoms with Crippen molar-refractivity contribution < 1.29 is 9.53 Å². The molecule has 1 rings (SSSR count). The molecule has 0 heterocycles. The van der Waals surface area contributed by atoms with Gasteiger partial charge in [-0.2, -0.15) is 0 Å². The zero-order valence-corrected chi connectivity index (χ0v) is 9.96. The van der Waals surface area contributed by atoms with Crippen LogP contribution in [-0.4, -0.2) is 19.0 Å². The van der Waals surface area contributed by atoms with Gasteiger partial charge in [0.2, 0.25) is 0 Å². The minimum Gasteiger partial charge on any atom is -0.374 e. The zero-order valence-electron chi connectivity index (χ0n) is 9.96. The lowest BCUT2D eigenvalue weighted by molar-refractivity contribution is -0.123. The SMILES string of the molecule is CCCOCC(=O)CCC1CCCCC1. The van der Waals surface area contributed by atoms with Gasteiger partial charge in [-0.3, -0.25) is 4.79 Å². The highest BCUT2D eigenvalue weighted by atomic mass is 16.5. The van der Waals surface area contributed by atoms with Crippen LogP contribution >= 0.6 is 0 Å². The average Bonchev–Trinajstić information content (AvgIpc) is 2.28. The molecule has 1 aliphatic rings. The van der Waals surface area contributed by atoms with Gasteiger partial charge in [0.05, 0.1) is 0 Å². The molecule has 0 bridgehead atoms. The fourth-order valence-corrected chi connectivity index (χ4v) is 2.24. The summed E-state index contributed by atoms with van der Waals surface area (Å²) in [6.45, 7) is 3.11. The van der Waals surface area contributed by atoms with Crippen molar-refractivity contribution in [2.75, 3.05) is 13.2 Å². The summed E-state index contributed by atoms with van der Waals surface area (Å²) >= 11 is 0. The third-order valence-electron chi connectivity index (χ3n) is 3.17. The Bertz CT molecular complexity index is 171. The van der Waals surface area contributed by atoms with Crippen LogP contribution in [0.25, 0.3) is 0 Å². The molecule has 0 saturated heterocycles. The van der Waals surface area contributed by atoms with E-state index in [-0.39, 0.29) is 5.78 Å². The normalized spacial score (nSPS) is 17.9. The van der Waals surface area contributed by atoms with Gasteiger partial charge in [0.15, 0.2) is 5.78 Å². The summed E-state index contributed by atoms with van der Waals surface area (Å²) < 4.78 is 5.23. The lowest BCUT2D eigenvalue weighted by Gasteiger charge is -2.20. The predicted octanol–water partition coefficient (Wildman–Crippen LogP) is 3.34. The molecule has 2 nitrogen and oxygen atoms in total. The van der Waals surface area contributed by atoms with E-state index >= 15 is 0 Å². The molecule has 0 atom stereocenters. The second kappa shape index (κ2) is 7.86. The van der Waals surface area contributed by atoms with Gasteiger partial charge in [0.25, 0.3) is 0 Å². The molecule has 0 spiro atoms. The van der Waals surface area contributed by atoms with Crippen molar-refractivity contribution in [1.29, 1.82) is 0 Å². The number of Topliss-reactive ketones (excluding diaryl/α,β-unsaturated/α-hetero) is 1. The molecule has 1 fully saturated rings. The molecule has 0 aromatic carbocycles. The number of ketones is 1. The Labute approximate surface area is 93.4 Å². The Hall–Kier alpha value is -0.370. The second-order valence-corrected chi connectivity index (χ2v) is 4.63. The summed E-state index contributed by atoms with van der Waals surface area (Å²) in [5.74, 6) is 1.10. The first kappa shape index (κ1) is 12.7. The fourth-order valence-electron chi connectivity index (χ4n) is 2.24. The van der Waals surface area contributed by atoms with Gasteiger partial charge >= 0.3 is 0 Å². The van der Waals surface area contributed by atoms with Crippen molar-refractivity contribution in [2.24, 2.45) is 5.92 Å². The lowest BCUT2D eigenvalue weighted by atomic mass is 9.86. The third-order valence-corrected chi connectivity index (χ3v) is 3.17. The first-order chi connectivity index (χ1) is 7.33. The number of carbonyl (C=O) groups excluding carboxylic acids is 1. The van der Waals surface area contributed by atoms with Crippen molar-refractivity contribution in [3.63, 3.8) is 0 Å². The van der Waals surface area contributed by atoms with Crippen molar-refractivity contribution in [2.45, 2.75) is 58.3 Å². The minimum atomic E-state index is 0.286. The first-order valence-electron chi connectivity index (χ1n) is 6.42. The van der Waals surface area contributed by atoms with Gasteiger partial charge in [0.1, 0.15) is 6.61 Å². The largest absolute Gasteiger partial charge is 0.374 e. The van der Waals surface area contributed by atoms with Gasteiger partial charge in [-0.1, -0.05) is 39.0 Å². The molecule has 0 N–H and O–H groups in total. The summed E-state index contributed by atoms with van der Waals surface area (Å²) in [7, 11) is 0. The van der Waals surface area contributed by atoms with E-state index in [1.54, 1.807) is 0 Å². The van der Waals surface area contributed by atoms with Crippen molar-refractivity contribution in [1.82, 2.24) is 0 Å². The molecule has 0 amide bonds. The van der Waals surface area contributed by atoms with Crippen LogP contribution in [0.1, 0.15) is 58.3 Å². The van der Waals surface area contributed by atoms with Crippen LogP contribution in [0.3, 0.4) is 0 Å². The molecule has 1 aliphatic carbocycles. The van der Waals surface area contributed by atoms with Crippen LogP contribution in [0, 0.1) is 5.92 Å². The van der Waals surface area contributed by atoms with Crippen molar-refractivity contribution in [3.05, 3.63) is 0 Å². The Morgan fingerprint density at radius 2 is 2.00 bits per heavy atom. The molecule has 0 aromatic heterocycles. The summed E-state index contributed by atoms with van der Waals surface area (Å²) in [6.07, 6.45) is 9.62. The number of ether oxygens (including phenoxy) is 1. The van der Waals surface area contributed by atoms with Crippen LogP contribution in [0.4, 0.5) is 0 Å². The molecule has 88 valence electrons. The van der Waals surface area contributed by atoms with Crippen LogP contribution in [0.2, 0.25) is 0 Å². The van der Waals surface area contributed by atoms with E-state index in [9.17, 15) is 4.79 Å². The second-order valence-electron chi connectivity index (χ2n) is 4.63. The maximum atomic E-state index is 11.4. The molecular formula is C13H24O2. The van der Waals surface area contributed by atoms with Crippen LogP contribution in [-0.2, 0) is 9.53 Å². The zero-order chi connectivity index (χ0) is 10.9. The standard InChI is InChI=1S/C13H24O2/c1-2-10-15-11-13(14)9-8-12-6-4-3-5-7-12/h12H,2-11H2,1H3. The van der Waals surface area contributed by atoms with Gasteiger partial charge in [0, 0.05) is 13.0 Å². The number of carbonyl (C=O) groups is 1. The molecule has 0 unspecified atom stereocenters. The van der Waals surface area contributed by atoms with E-state index in [2.05, 4.69) is 6.92 Å². The van der Waals surface area contributed by atoms with E-state index in [4.69, 9.17) is 4.74 Å². The highest BCUT2D eigenvalue weighted by molar-refractivity contribution is 5.79. The van der Waals surface area contributed by atoms with Gasteiger partial charge in [-0.25, -0.2) is 0 Å². The monoisotopic (exact) mass is 212 g/mol. The minimum absolute atomic E-state index is 0.286. The quantitative estimate of drug-likeness (QED) is 0.605. The van der Waals surface area contributed by atoms with Crippen LogP contribution in [0.15, 0.2) is 0 Å². The van der Waals surface area contributed by atoms with Crippen LogP contribution in [0.5, 0.6) is 0 Å². The van der Waals surface area contributed by atoms with E-state index in [0.29, 0.717) is 6.61 Å². The number of hydrogen-bond acceptors (Lipinski definition) is 2. The highest BCUT2D eigenvalue weighted by Crippen LogP contribution is 2.27. The third kappa shape index (κ3) is 5.93. The summed E-state index contributed by atoms with van der Waals surface area (Å²) in [5, 5.41) is 0. The summed E-state index contributed by atoms with van der Waals surface area (Å²) in [5.41, 5.74) is 0. The smallest absolute Gasteiger partial charge is 0.158 e. The van der Waals surface area contributed by atoms with E-state index < -0.39 is 0 Å². The molecule has 15 heavy (non-hydrogen) atoms. The predicted molar refractivity (Wildman–Crippen MR) is 61.9 cm³/mol. The Kier molecular flexibility index (Phi) is 6.66. The fraction of sp³-hybridized carbons (Fsp3) is 0.923. The van der Waals surface area contributed by atoms with Gasteiger partial charge < -0.3 is 4.74 Å². The molecule has 0 aliphatic heterocycles. The topological polar surface area (TPSA) is 26.3 Å².